The second-order valence-corrected chi connectivity index (χ2v) is 4.16. The largest absolute Gasteiger partial charge is 0.358 e. The second-order valence-electron chi connectivity index (χ2n) is 4.16. The van der Waals surface area contributed by atoms with Crippen LogP contribution in [0, 0.1) is 0 Å². The molecule has 0 saturated heterocycles. The van der Waals surface area contributed by atoms with Gasteiger partial charge in [0.15, 0.2) is 0 Å². The molecular formula is C14H12O2. The molecule has 0 amide bonds. The van der Waals surface area contributed by atoms with E-state index in [1.807, 2.05) is 36.4 Å². The third kappa shape index (κ3) is 1.21. The summed E-state index contributed by atoms with van der Waals surface area (Å²) in [5.41, 5.74) is 3.14. The summed E-state index contributed by atoms with van der Waals surface area (Å²) in [6, 6.07) is 14.9. The van der Waals surface area contributed by atoms with Gasteiger partial charge in [-0.3, -0.25) is 0 Å². The van der Waals surface area contributed by atoms with Gasteiger partial charge in [0.1, 0.15) is 0 Å². The first-order valence-electron chi connectivity index (χ1n) is 5.31. The van der Waals surface area contributed by atoms with E-state index >= 15 is 0 Å². The predicted octanol–water partition coefficient (Wildman–Crippen LogP) is 1.78. The van der Waals surface area contributed by atoms with Crippen LogP contribution in [0.25, 0.3) is 0 Å². The number of fused-ring (bicyclic) bond motifs is 2. The second kappa shape index (κ2) is 3.17. The van der Waals surface area contributed by atoms with E-state index in [2.05, 4.69) is 0 Å². The van der Waals surface area contributed by atoms with Gasteiger partial charge >= 0.3 is 0 Å². The van der Waals surface area contributed by atoms with Crippen molar-refractivity contribution in [3.05, 3.63) is 70.8 Å². The third-order valence-electron chi connectivity index (χ3n) is 3.17. The van der Waals surface area contributed by atoms with Crippen molar-refractivity contribution in [1.29, 1.82) is 0 Å². The van der Waals surface area contributed by atoms with E-state index in [4.69, 9.17) is 0 Å². The Labute approximate surface area is 93.8 Å². The van der Waals surface area contributed by atoms with Crippen LogP contribution in [0.15, 0.2) is 48.5 Å². The fourth-order valence-corrected chi connectivity index (χ4v) is 2.38. The molecule has 3 rings (SSSR count). The molecule has 0 heterocycles. The summed E-state index contributed by atoms with van der Waals surface area (Å²) in [4.78, 5) is 0. The molecule has 1 aliphatic rings. The van der Waals surface area contributed by atoms with Crippen LogP contribution in [-0.2, 0) is 12.2 Å². The normalized spacial score (nSPS) is 16.4. The average molecular weight is 212 g/mol. The van der Waals surface area contributed by atoms with Crippen molar-refractivity contribution in [2.75, 3.05) is 0 Å². The van der Waals surface area contributed by atoms with Crippen molar-refractivity contribution in [2.45, 2.75) is 12.2 Å². The Kier molecular flexibility index (Phi) is 1.90. The molecule has 0 radical (unpaired) electrons. The van der Waals surface area contributed by atoms with E-state index in [-0.39, 0.29) is 0 Å². The zero-order chi connectivity index (χ0) is 11.2. The summed E-state index contributed by atoms with van der Waals surface area (Å²) in [7, 11) is 0. The van der Waals surface area contributed by atoms with Crippen LogP contribution >= 0.6 is 0 Å². The number of rotatable bonds is 0. The van der Waals surface area contributed by atoms with Crippen LogP contribution in [0.4, 0.5) is 0 Å². The number of aliphatic hydroxyl groups is 2. The van der Waals surface area contributed by atoms with Crippen LogP contribution in [0.1, 0.15) is 22.3 Å². The van der Waals surface area contributed by atoms with Crippen LogP contribution < -0.4 is 0 Å². The molecule has 2 nitrogen and oxygen atoms in total. The van der Waals surface area contributed by atoms with Gasteiger partial charge in [-0.05, 0) is 17.5 Å². The van der Waals surface area contributed by atoms with Crippen molar-refractivity contribution in [2.24, 2.45) is 0 Å². The van der Waals surface area contributed by atoms with Gasteiger partial charge in [-0.15, -0.1) is 0 Å². The van der Waals surface area contributed by atoms with Gasteiger partial charge in [-0.2, -0.15) is 0 Å². The van der Waals surface area contributed by atoms with Gasteiger partial charge in [0.2, 0.25) is 5.79 Å². The molecule has 2 N–H and O–H groups in total. The molecule has 80 valence electrons. The van der Waals surface area contributed by atoms with E-state index in [9.17, 15) is 10.2 Å². The molecule has 0 spiro atoms. The highest BCUT2D eigenvalue weighted by Crippen LogP contribution is 2.37. The topological polar surface area (TPSA) is 40.5 Å². The van der Waals surface area contributed by atoms with Crippen LogP contribution in [-0.4, -0.2) is 10.2 Å². The van der Waals surface area contributed by atoms with Gasteiger partial charge < -0.3 is 10.2 Å². The number of hydrogen-bond donors (Lipinski definition) is 2. The molecule has 0 fully saturated rings. The predicted molar refractivity (Wildman–Crippen MR) is 60.9 cm³/mol. The SMILES string of the molecule is OC1(O)c2ccccc2Cc2ccccc21. The first-order valence-corrected chi connectivity index (χ1v) is 5.31. The lowest BCUT2D eigenvalue weighted by Crippen LogP contribution is -2.32. The Morgan fingerprint density at radius 1 is 0.750 bits per heavy atom. The highest BCUT2D eigenvalue weighted by atomic mass is 16.5. The number of benzene rings is 2. The Morgan fingerprint density at radius 3 is 1.69 bits per heavy atom. The van der Waals surface area contributed by atoms with E-state index < -0.39 is 5.79 Å². The minimum Gasteiger partial charge on any atom is -0.358 e. The molecule has 2 aromatic rings. The lowest BCUT2D eigenvalue weighted by atomic mass is 9.81. The summed E-state index contributed by atoms with van der Waals surface area (Å²) < 4.78 is 0. The maximum atomic E-state index is 10.2. The maximum Gasteiger partial charge on any atom is 0.217 e. The van der Waals surface area contributed by atoms with Crippen molar-refractivity contribution in [3.63, 3.8) is 0 Å². The molecule has 0 aliphatic heterocycles. The minimum absolute atomic E-state index is 0.591. The fraction of sp³-hybridized carbons (Fsp3) is 0.143. The van der Waals surface area contributed by atoms with Gasteiger partial charge in [0.05, 0.1) is 0 Å². The summed E-state index contributed by atoms with van der Waals surface area (Å²) in [6.07, 6.45) is 0.759. The lowest BCUT2D eigenvalue weighted by Gasteiger charge is -2.31. The van der Waals surface area contributed by atoms with Crippen LogP contribution in [0.3, 0.4) is 0 Å². The van der Waals surface area contributed by atoms with Crippen LogP contribution in [0.2, 0.25) is 0 Å². The molecule has 16 heavy (non-hydrogen) atoms. The van der Waals surface area contributed by atoms with E-state index in [1.165, 1.54) is 0 Å². The molecular weight excluding hydrogens is 200 g/mol. The first kappa shape index (κ1) is 9.58. The van der Waals surface area contributed by atoms with Gasteiger partial charge in [-0.1, -0.05) is 48.5 Å². The Bertz CT molecular complexity index is 496. The van der Waals surface area contributed by atoms with Crippen molar-refractivity contribution in [3.8, 4) is 0 Å². The van der Waals surface area contributed by atoms with Crippen molar-refractivity contribution < 1.29 is 10.2 Å². The Morgan fingerprint density at radius 2 is 1.19 bits per heavy atom. The Balaban J connectivity index is 2.28. The Hall–Kier alpha value is -1.64. The standard InChI is InChI=1S/C14H12O2/c15-14(16)12-7-3-1-5-10(12)9-11-6-2-4-8-13(11)14/h1-8,15-16H,9H2. The molecule has 0 unspecified atom stereocenters. The quantitative estimate of drug-likeness (QED) is 0.653. The highest BCUT2D eigenvalue weighted by molar-refractivity contribution is 5.49. The third-order valence-corrected chi connectivity index (χ3v) is 3.17. The van der Waals surface area contributed by atoms with E-state index in [0.29, 0.717) is 11.1 Å². The monoisotopic (exact) mass is 212 g/mol. The fourth-order valence-electron chi connectivity index (χ4n) is 2.38. The zero-order valence-corrected chi connectivity index (χ0v) is 8.72. The molecule has 0 atom stereocenters. The average Bonchev–Trinajstić information content (AvgIpc) is 2.29. The molecule has 2 heteroatoms. The summed E-state index contributed by atoms with van der Waals surface area (Å²) in [5, 5.41) is 20.5. The summed E-state index contributed by atoms with van der Waals surface area (Å²) >= 11 is 0. The van der Waals surface area contributed by atoms with Gasteiger partial charge in [0.25, 0.3) is 0 Å². The smallest absolute Gasteiger partial charge is 0.217 e. The van der Waals surface area contributed by atoms with Crippen molar-refractivity contribution in [1.82, 2.24) is 0 Å². The van der Waals surface area contributed by atoms with Gasteiger partial charge in [0, 0.05) is 11.1 Å². The summed E-state index contributed by atoms with van der Waals surface area (Å²) in [5.74, 6) is -1.86. The van der Waals surface area contributed by atoms with Gasteiger partial charge in [-0.25, -0.2) is 0 Å². The van der Waals surface area contributed by atoms with E-state index in [1.54, 1.807) is 12.1 Å². The number of hydrogen-bond acceptors (Lipinski definition) is 2. The lowest BCUT2D eigenvalue weighted by molar-refractivity contribution is -0.134. The summed E-state index contributed by atoms with van der Waals surface area (Å²) in [6.45, 7) is 0. The maximum absolute atomic E-state index is 10.2. The molecule has 0 saturated carbocycles. The first-order chi connectivity index (χ1) is 7.69. The minimum atomic E-state index is -1.86. The van der Waals surface area contributed by atoms with Crippen molar-refractivity contribution >= 4 is 0 Å². The molecule has 0 aromatic heterocycles. The zero-order valence-electron chi connectivity index (χ0n) is 8.72. The highest BCUT2D eigenvalue weighted by Gasteiger charge is 2.36. The molecule has 2 aromatic carbocycles. The molecule has 0 bridgehead atoms. The van der Waals surface area contributed by atoms with E-state index in [0.717, 1.165) is 17.5 Å². The molecule has 1 aliphatic carbocycles. The van der Waals surface area contributed by atoms with Crippen LogP contribution in [0.5, 0.6) is 0 Å².